The van der Waals surface area contributed by atoms with Gasteiger partial charge >= 0.3 is 25.8 Å². The molecule has 0 aliphatic carbocycles. The van der Waals surface area contributed by atoms with E-state index in [0.717, 1.165) is 0 Å². The van der Waals surface area contributed by atoms with Crippen LogP contribution in [0.1, 0.15) is 0 Å². The molecule has 0 rings (SSSR count). The summed E-state index contributed by atoms with van der Waals surface area (Å²) in [6.45, 7) is 0. The number of hydrogen-bond acceptors (Lipinski definition) is 4. The minimum atomic E-state index is 0. The topological polar surface area (TPSA) is 92.2 Å². The summed E-state index contributed by atoms with van der Waals surface area (Å²) in [5.74, 6) is 0. The Labute approximate surface area is 91.4 Å². The van der Waals surface area contributed by atoms with Crippen molar-refractivity contribution in [2.45, 2.75) is 0 Å². The summed E-state index contributed by atoms with van der Waals surface area (Å²) in [5, 5.41) is 0. The van der Waals surface area contributed by atoms with E-state index in [1.807, 2.05) is 0 Å². The monoisotopic (exact) mass is 384 g/mol. The number of hydrogen-bond donors (Lipinski definition) is 0. The number of halogens is 4. The van der Waals surface area contributed by atoms with Crippen LogP contribution in [-0.4, -0.2) is 0 Å². The Bertz CT molecular complexity index is 12.5. The molecule has 56 valence electrons. The molecular formula is Cl4HfO4. The maximum atomic E-state index is 7.72. The summed E-state index contributed by atoms with van der Waals surface area (Å²) >= 11 is 13.6. The normalized spacial score (nSPS) is 2.67. The summed E-state index contributed by atoms with van der Waals surface area (Å²) in [5.41, 5.74) is 0. The van der Waals surface area contributed by atoms with Gasteiger partial charge in [0.15, 0.2) is 0 Å². The predicted molar refractivity (Wildman–Crippen MR) is 23.4 cm³/mol. The zero-order chi connectivity index (χ0) is 8.00. The first kappa shape index (κ1) is 30.7. The fourth-order valence-corrected chi connectivity index (χ4v) is 0. The molecular weight excluding hydrogens is 384 g/mol. The zero-order valence-electron chi connectivity index (χ0n) is 3.64. The molecule has 0 heterocycles. The molecule has 0 aliphatic heterocycles. The third-order valence-corrected chi connectivity index (χ3v) is 0. The van der Waals surface area contributed by atoms with Crippen molar-refractivity contribution in [3.63, 3.8) is 0 Å². The fraction of sp³-hybridized carbons (Fsp3) is 0. The Morgan fingerprint density at radius 2 is 0.444 bits per heavy atom. The van der Waals surface area contributed by atoms with Crippen molar-refractivity contribution in [3.8, 4) is 0 Å². The van der Waals surface area contributed by atoms with Crippen LogP contribution in [0.15, 0.2) is 0 Å². The van der Waals surface area contributed by atoms with E-state index < -0.39 is 0 Å². The van der Waals surface area contributed by atoms with E-state index in [1.54, 1.807) is 0 Å². The van der Waals surface area contributed by atoms with Gasteiger partial charge in [-0.15, -0.1) is 0 Å². The van der Waals surface area contributed by atoms with Crippen molar-refractivity contribution in [3.05, 3.63) is 0 Å². The molecule has 9 heavy (non-hydrogen) atoms. The third-order valence-electron chi connectivity index (χ3n) is 0. The van der Waals surface area contributed by atoms with E-state index in [2.05, 4.69) is 47.5 Å². The second-order valence-electron chi connectivity index (χ2n) is 0. The molecule has 0 N–H and O–H groups in total. The average Bonchev–Trinajstić information content (AvgIpc) is 2.03. The van der Waals surface area contributed by atoms with E-state index in [-0.39, 0.29) is 25.8 Å². The van der Waals surface area contributed by atoms with Crippen LogP contribution in [0.25, 0.3) is 0 Å². The molecule has 9 heteroatoms. The van der Waals surface area contributed by atoms with E-state index >= 15 is 0 Å². The first-order chi connectivity index (χ1) is 4.00. The zero-order valence-corrected chi connectivity index (χ0v) is 10.3. The maximum absolute atomic E-state index is 7.72. The van der Waals surface area contributed by atoms with Gasteiger partial charge in [-0.3, -0.25) is 0 Å². The molecule has 0 aromatic heterocycles. The minimum Gasteiger partial charge on any atom is -0.769 e. The quantitative estimate of drug-likeness (QED) is 0.452. The van der Waals surface area contributed by atoms with Crippen LogP contribution >= 0.6 is 47.5 Å². The Kier molecular flexibility index (Phi) is 758. The van der Waals surface area contributed by atoms with Crippen molar-refractivity contribution in [1.29, 1.82) is 0 Å². The first-order valence-electron chi connectivity index (χ1n) is 0.617. The summed E-state index contributed by atoms with van der Waals surface area (Å²) in [6, 6.07) is 0. The minimum absolute atomic E-state index is 0. The molecule has 0 spiro atoms. The Morgan fingerprint density at radius 1 is 0.444 bits per heavy atom. The molecule has 0 amide bonds. The van der Waals surface area contributed by atoms with Crippen LogP contribution in [0.3, 0.4) is 0 Å². The van der Waals surface area contributed by atoms with Gasteiger partial charge < -0.3 is 18.6 Å². The van der Waals surface area contributed by atoms with Crippen LogP contribution in [0.2, 0.25) is 0 Å². The first-order valence-corrected chi connectivity index (χ1v) is 1.85. The summed E-state index contributed by atoms with van der Waals surface area (Å²) < 4.78 is 30.9. The molecule has 0 bridgehead atoms. The van der Waals surface area contributed by atoms with Gasteiger partial charge in [-0.1, -0.05) is 0 Å². The molecule has 0 aliphatic rings. The SMILES string of the molecule is [Hf+4].[O-]Cl.[O-]Cl.[O-]Cl.[O-]Cl. The van der Waals surface area contributed by atoms with E-state index in [1.165, 1.54) is 0 Å². The second-order valence-corrected chi connectivity index (χ2v) is 0. The van der Waals surface area contributed by atoms with Crippen molar-refractivity contribution in [1.82, 2.24) is 0 Å². The Hall–Kier alpha value is 1.87. The van der Waals surface area contributed by atoms with Crippen LogP contribution in [0, 0.1) is 0 Å². The van der Waals surface area contributed by atoms with Crippen LogP contribution in [-0.2, 0) is 25.8 Å². The van der Waals surface area contributed by atoms with Gasteiger partial charge in [0.1, 0.15) is 0 Å². The van der Waals surface area contributed by atoms with Crippen molar-refractivity contribution < 1.29 is 44.5 Å². The largest absolute Gasteiger partial charge is 4.00 e. The molecule has 0 radical (unpaired) electrons. The third kappa shape index (κ3) is 175. The van der Waals surface area contributed by atoms with Gasteiger partial charge in [-0.2, -0.15) is 0 Å². The summed E-state index contributed by atoms with van der Waals surface area (Å²) in [7, 11) is 0. The number of rotatable bonds is 0. The van der Waals surface area contributed by atoms with Gasteiger partial charge in [-0.25, -0.2) is 47.5 Å². The van der Waals surface area contributed by atoms with E-state index in [9.17, 15) is 0 Å². The smallest absolute Gasteiger partial charge is 0.769 e. The average molecular weight is 384 g/mol. The van der Waals surface area contributed by atoms with E-state index in [0.29, 0.717) is 0 Å². The van der Waals surface area contributed by atoms with E-state index in [4.69, 9.17) is 18.6 Å². The molecule has 0 unspecified atom stereocenters. The summed E-state index contributed by atoms with van der Waals surface area (Å²) in [6.07, 6.45) is 0. The van der Waals surface area contributed by atoms with Gasteiger partial charge in [0.2, 0.25) is 0 Å². The molecule has 4 nitrogen and oxygen atoms in total. The van der Waals surface area contributed by atoms with Gasteiger partial charge in [-0.05, 0) is 0 Å². The molecule has 0 saturated heterocycles. The second kappa shape index (κ2) is 222. The Morgan fingerprint density at radius 3 is 0.444 bits per heavy atom. The van der Waals surface area contributed by atoms with Gasteiger partial charge in [0, 0.05) is 0 Å². The standard InChI is InChI=1S/4ClO.Hf/c4*1-2;/q4*-1;+4. The van der Waals surface area contributed by atoms with Crippen LogP contribution < -0.4 is 18.6 Å². The molecule has 0 saturated carbocycles. The van der Waals surface area contributed by atoms with Crippen LogP contribution in [0.4, 0.5) is 0 Å². The van der Waals surface area contributed by atoms with Crippen molar-refractivity contribution >= 4 is 47.5 Å². The molecule has 0 atom stereocenters. The Balaban J connectivity index is -0.00000000762. The predicted octanol–water partition coefficient (Wildman–Crippen LogP) is -2.00. The molecule has 0 fully saturated rings. The van der Waals surface area contributed by atoms with Crippen molar-refractivity contribution in [2.24, 2.45) is 0 Å². The summed E-state index contributed by atoms with van der Waals surface area (Å²) in [4.78, 5) is 0. The van der Waals surface area contributed by atoms with Crippen LogP contribution in [0.5, 0.6) is 0 Å². The fourth-order valence-electron chi connectivity index (χ4n) is 0. The van der Waals surface area contributed by atoms with Gasteiger partial charge in [0.05, 0.1) is 0 Å². The maximum Gasteiger partial charge on any atom is 4.00 e. The molecule has 0 aromatic rings. The molecule has 0 aromatic carbocycles. The van der Waals surface area contributed by atoms with Gasteiger partial charge in [0.25, 0.3) is 0 Å². The van der Waals surface area contributed by atoms with Crippen molar-refractivity contribution in [2.75, 3.05) is 0 Å².